The van der Waals surface area contributed by atoms with Gasteiger partial charge in [-0.05, 0) is 20.3 Å². The predicted octanol–water partition coefficient (Wildman–Crippen LogP) is -1.83. The van der Waals surface area contributed by atoms with E-state index in [0.29, 0.717) is 0 Å². The minimum atomic E-state index is -1.04. The van der Waals surface area contributed by atoms with Crippen LogP contribution in [0.2, 0.25) is 13.1 Å². The van der Waals surface area contributed by atoms with Gasteiger partial charge >= 0.3 is 18.9 Å². The van der Waals surface area contributed by atoms with Crippen molar-refractivity contribution in [3.05, 3.63) is 6.55 Å². The molecule has 0 aliphatic carbocycles. The summed E-state index contributed by atoms with van der Waals surface area (Å²) in [6.07, 6.45) is 1.19. The zero-order valence-corrected chi connectivity index (χ0v) is 8.36. The van der Waals surface area contributed by atoms with E-state index in [1.54, 1.807) is 0 Å². The molecule has 0 rings (SSSR count). The second-order valence-corrected chi connectivity index (χ2v) is 8.05. The molecule has 0 unspecified atom stereocenters. The molecule has 0 saturated carbocycles. The Hall–Kier alpha value is 0.774. The summed E-state index contributed by atoms with van der Waals surface area (Å²) in [4.78, 5) is 2.21. The van der Waals surface area contributed by atoms with E-state index in [9.17, 15) is 0 Å². The third kappa shape index (κ3) is 12.1. The molecule has 3 heteroatoms. The number of hydrogen-bond acceptors (Lipinski definition) is 1. The summed E-state index contributed by atoms with van der Waals surface area (Å²) < 4.78 is 0. The molecule has 9 heavy (non-hydrogen) atoms. The average Bonchev–Trinajstić information content (AvgIpc) is 1.21. The Morgan fingerprint density at radius 3 is 1.67 bits per heavy atom. The summed E-state index contributed by atoms with van der Waals surface area (Å²) in [7, 11) is 3.15. The molecule has 1 nitrogen and oxygen atoms in total. The van der Waals surface area contributed by atoms with Gasteiger partial charge < -0.3 is 11.4 Å². The normalized spacial score (nSPS) is 11.3. The van der Waals surface area contributed by atoms with Gasteiger partial charge in [0.05, 0.1) is 0 Å². The maximum atomic E-state index is 4.11. The van der Waals surface area contributed by atoms with E-state index in [0.717, 1.165) is 0 Å². The first-order chi connectivity index (χ1) is 3.42. The first-order valence-electron chi connectivity index (χ1n) is 2.92. The Bertz CT molecular complexity index is 67.9. The molecule has 0 atom stereocenters. The Labute approximate surface area is 72.0 Å². The van der Waals surface area contributed by atoms with Crippen molar-refractivity contribution in [2.24, 2.45) is 0 Å². The minimum Gasteiger partial charge on any atom is -0.341 e. The van der Waals surface area contributed by atoms with Gasteiger partial charge in [-0.25, -0.2) is 0 Å². The summed E-state index contributed by atoms with van der Waals surface area (Å²) in [5.74, 6) is 0. The maximum Gasteiger partial charge on any atom is 1.00 e. The summed E-state index contributed by atoms with van der Waals surface area (Å²) in [6.45, 7) is 8.65. The molecule has 0 aliphatic heterocycles. The van der Waals surface area contributed by atoms with Crippen LogP contribution in [0, 0.1) is 6.55 Å². The molecule has 50 valence electrons. The smallest absolute Gasteiger partial charge is 0.341 e. The van der Waals surface area contributed by atoms with Gasteiger partial charge in [0.2, 0.25) is 0 Å². The van der Waals surface area contributed by atoms with Crippen molar-refractivity contribution >= 4 is 8.07 Å². The van der Waals surface area contributed by atoms with E-state index >= 15 is 0 Å². The fraction of sp³-hybridized carbons (Fsp3) is 0.833. The molecule has 0 aliphatic rings. The van der Waals surface area contributed by atoms with Crippen molar-refractivity contribution in [3.8, 4) is 0 Å². The molecule has 0 N–H and O–H groups in total. The van der Waals surface area contributed by atoms with Crippen LogP contribution in [-0.2, 0) is 0 Å². The molecule has 0 fully saturated rings. The van der Waals surface area contributed by atoms with E-state index in [-0.39, 0.29) is 18.9 Å². The zero-order valence-electron chi connectivity index (χ0n) is 7.36. The van der Waals surface area contributed by atoms with Gasteiger partial charge in [0.15, 0.2) is 0 Å². The van der Waals surface area contributed by atoms with Crippen LogP contribution in [-0.4, -0.2) is 33.2 Å². The fourth-order valence-corrected chi connectivity index (χ4v) is 2.57. The SMILES string of the molecule is [CH2-][Si](C)(C)CN(C)C.[Li+]. The van der Waals surface area contributed by atoms with Crippen molar-refractivity contribution in [2.45, 2.75) is 13.1 Å². The molecule has 0 aromatic heterocycles. The quantitative estimate of drug-likeness (QED) is 0.320. The molecule has 0 saturated heterocycles. The van der Waals surface area contributed by atoms with Crippen molar-refractivity contribution in [1.29, 1.82) is 0 Å². The Morgan fingerprint density at radius 2 is 1.67 bits per heavy atom. The summed E-state index contributed by atoms with van der Waals surface area (Å²) in [5, 5.41) is 0. The standard InChI is InChI=1S/C6H16NSi.Li/c1-7(2)6-8(3,4)5;/h3,6H2,1-2,4-5H3;/q-1;+1. The third-order valence-corrected chi connectivity index (χ3v) is 2.23. The molecular weight excluding hydrogens is 121 g/mol. The van der Waals surface area contributed by atoms with Gasteiger partial charge in [-0.2, -0.15) is 0 Å². The van der Waals surface area contributed by atoms with E-state index in [2.05, 4.69) is 38.6 Å². The van der Waals surface area contributed by atoms with Gasteiger partial charge in [-0.15, -0.1) is 0 Å². The minimum absolute atomic E-state index is 0. The molecule has 0 amide bonds. The predicted molar refractivity (Wildman–Crippen MR) is 41.4 cm³/mol. The Morgan fingerprint density at radius 1 is 1.33 bits per heavy atom. The first kappa shape index (κ1) is 12.5. The van der Waals surface area contributed by atoms with Crippen molar-refractivity contribution in [1.82, 2.24) is 4.90 Å². The number of hydrogen-bond donors (Lipinski definition) is 0. The molecule has 0 spiro atoms. The van der Waals surface area contributed by atoms with E-state index < -0.39 is 8.07 Å². The van der Waals surface area contributed by atoms with Crippen molar-refractivity contribution in [3.63, 3.8) is 0 Å². The van der Waals surface area contributed by atoms with Crippen LogP contribution in [0.1, 0.15) is 0 Å². The van der Waals surface area contributed by atoms with Gasteiger partial charge in [-0.3, -0.25) is 0 Å². The number of nitrogens with zero attached hydrogens (tertiary/aromatic N) is 1. The van der Waals surface area contributed by atoms with Crippen molar-refractivity contribution < 1.29 is 18.9 Å². The van der Waals surface area contributed by atoms with E-state index in [1.165, 1.54) is 6.17 Å². The van der Waals surface area contributed by atoms with Gasteiger partial charge in [0.25, 0.3) is 0 Å². The largest absolute Gasteiger partial charge is 1.00 e. The van der Waals surface area contributed by atoms with Crippen LogP contribution in [0.3, 0.4) is 0 Å². The first-order valence-corrected chi connectivity index (χ1v) is 6.33. The molecule has 0 aromatic carbocycles. The van der Waals surface area contributed by atoms with Gasteiger partial charge in [-0.1, -0.05) is 21.2 Å². The molecule has 0 aromatic rings. The summed E-state index contributed by atoms with van der Waals surface area (Å²) >= 11 is 0. The fourth-order valence-electron chi connectivity index (χ4n) is 0.856. The second-order valence-electron chi connectivity index (χ2n) is 3.40. The van der Waals surface area contributed by atoms with E-state index in [1.807, 2.05) is 0 Å². The molecule has 0 heterocycles. The van der Waals surface area contributed by atoms with Crippen LogP contribution < -0.4 is 18.9 Å². The van der Waals surface area contributed by atoms with Crippen LogP contribution in [0.5, 0.6) is 0 Å². The van der Waals surface area contributed by atoms with Crippen LogP contribution in [0.15, 0.2) is 0 Å². The summed E-state index contributed by atoms with van der Waals surface area (Å²) in [6, 6.07) is 0. The van der Waals surface area contributed by atoms with Crippen molar-refractivity contribution in [2.75, 3.05) is 20.3 Å². The van der Waals surface area contributed by atoms with Gasteiger partial charge in [0, 0.05) is 0 Å². The van der Waals surface area contributed by atoms with Crippen LogP contribution >= 0.6 is 0 Å². The van der Waals surface area contributed by atoms with E-state index in [4.69, 9.17) is 0 Å². The third-order valence-electron chi connectivity index (χ3n) is 0.744. The molecule has 0 radical (unpaired) electrons. The Balaban J connectivity index is 0. The molecular formula is C6H16LiNSi. The number of rotatable bonds is 2. The maximum absolute atomic E-state index is 4.11. The van der Waals surface area contributed by atoms with Gasteiger partial charge in [0.1, 0.15) is 0 Å². The summed E-state index contributed by atoms with van der Waals surface area (Å²) in [5.41, 5.74) is 0. The monoisotopic (exact) mass is 137 g/mol. The topological polar surface area (TPSA) is 3.24 Å². The average molecular weight is 137 g/mol. The zero-order chi connectivity index (χ0) is 6.78. The molecule has 0 bridgehead atoms. The van der Waals surface area contributed by atoms with Crippen LogP contribution in [0.25, 0.3) is 0 Å². The second kappa shape index (κ2) is 4.57. The van der Waals surface area contributed by atoms with Crippen LogP contribution in [0.4, 0.5) is 0 Å². The Kier molecular flexibility index (Phi) is 6.32.